The Kier molecular flexibility index (Phi) is 5.98. The van der Waals surface area contributed by atoms with E-state index in [0.717, 1.165) is 10.9 Å². The van der Waals surface area contributed by atoms with Crippen molar-refractivity contribution in [2.24, 2.45) is 0 Å². The first-order valence-electron chi connectivity index (χ1n) is 10.0. The maximum Gasteiger partial charge on any atom is 0.254 e. The highest BCUT2D eigenvalue weighted by Gasteiger charge is 2.20. The number of para-hydroxylation sites is 1. The number of carbonyl (C=O) groups excluding carboxylic acids is 1. The number of hydrogen-bond donors (Lipinski definition) is 0. The maximum atomic E-state index is 13.4. The van der Waals surface area contributed by atoms with E-state index in [0.29, 0.717) is 46.3 Å². The number of amides is 1. The topological polar surface area (TPSA) is 74.0 Å². The second-order valence-electron chi connectivity index (χ2n) is 7.23. The average Bonchev–Trinajstić information content (AvgIpc) is 3.34. The van der Waals surface area contributed by atoms with E-state index < -0.39 is 0 Å². The Labute approximate surface area is 186 Å². The van der Waals surface area contributed by atoms with E-state index in [4.69, 9.17) is 23.6 Å². The zero-order valence-corrected chi connectivity index (χ0v) is 18.4. The van der Waals surface area contributed by atoms with Gasteiger partial charge in [-0.25, -0.2) is 4.98 Å². The van der Waals surface area contributed by atoms with Gasteiger partial charge in [-0.2, -0.15) is 0 Å². The van der Waals surface area contributed by atoms with Crippen LogP contribution in [0.1, 0.15) is 16.1 Å². The number of pyridine rings is 1. The number of ether oxygens (including phenoxy) is 3. The Hall–Kier alpha value is -4.00. The monoisotopic (exact) mass is 432 g/mol. The molecule has 0 atom stereocenters. The van der Waals surface area contributed by atoms with Gasteiger partial charge in [-0.1, -0.05) is 18.2 Å². The fraction of sp³-hybridized carbons (Fsp3) is 0.200. The molecule has 1 amide bonds. The molecule has 0 radical (unpaired) electrons. The highest BCUT2D eigenvalue weighted by Crippen LogP contribution is 2.41. The molecule has 0 aliphatic heterocycles. The summed E-state index contributed by atoms with van der Waals surface area (Å²) in [6.45, 7) is 0.363. The van der Waals surface area contributed by atoms with Gasteiger partial charge >= 0.3 is 0 Å². The van der Waals surface area contributed by atoms with Gasteiger partial charge in [0.25, 0.3) is 5.91 Å². The number of hydrogen-bond acceptors (Lipinski definition) is 6. The van der Waals surface area contributed by atoms with Crippen molar-refractivity contribution in [1.29, 1.82) is 0 Å². The molecule has 32 heavy (non-hydrogen) atoms. The summed E-state index contributed by atoms with van der Waals surface area (Å²) in [6, 6.07) is 16.7. The third-order valence-corrected chi connectivity index (χ3v) is 5.23. The summed E-state index contributed by atoms with van der Waals surface area (Å²) in [5.74, 6) is 2.10. The van der Waals surface area contributed by atoms with Crippen LogP contribution < -0.4 is 14.2 Å². The molecule has 164 valence electrons. The van der Waals surface area contributed by atoms with Gasteiger partial charge in [-0.05, 0) is 36.4 Å². The maximum absolute atomic E-state index is 13.4. The lowest BCUT2D eigenvalue weighted by molar-refractivity contribution is 0.0777. The molecule has 0 saturated heterocycles. The molecular weight excluding hydrogens is 408 g/mol. The normalized spacial score (nSPS) is 10.8. The molecule has 2 heterocycles. The Morgan fingerprint density at radius 1 is 0.969 bits per heavy atom. The molecule has 0 spiro atoms. The van der Waals surface area contributed by atoms with Crippen LogP contribution >= 0.6 is 0 Å². The van der Waals surface area contributed by atoms with E-state index in [2.05, 4.69) is 0 Å². The molecule has 7 heteroatoms. The lowest BCUT2D eigenvalue weighted by atomic mass is 10.0. The van der Waals surface area contributed by atoms with Gasteiger partial charge in [0.2, 0.25) is 5.75 Å². The minimum absolute atomic E-state index is 0.131. The number of methoxy groups -OCH3 is 3. The van der Waals surface area contributed by atoms with Gasteiger partial charge in [0.1, 0.15) is 5.76 Å². The fourth-order valence-corrected chi connectivity index (χ4v) is 3.64. The molecule has 0 fully saturated rings. The van der Waals surface area contributed by atoms with Crippen molar-refractivity contribution in [2.45, 2.75) is 6.54 Å². The first-order valence-corrected chi connectivity index (χ1v) is 10.0. The van der Waals surface area contributed by atoms with Crippen LogP contribution in [0, 0.1) is 0 Å². The molecule has 0 bridgehead atoms. The van der Waals surface area contributed by atoms with Crippen LogP contribution in [0.3, 0.4) is 0 Å². The largest absolute Gasteiger partial charge is 0.493 e. The molecule has 0 saturated carbocycles. The third-order valence-electron chi connectivity index (χ3n) is 5.23. The van der Waals surface area contributed by atoms with Gasteiger partial charge in [-0.3, -0.25) is 4.79 Å². The van der Waals surface area contributed by atoms with Crippen molar-refractivity contribution in [1.82, 2.24) is 9.88 Å². The first kappa shape index (κ1) is 21.2. The molecule has 4 rings (SSSR count). The smallest absolute Gasteiger partial charge is 0.254 e. The number of rotatable bonds is 7. The lowest BCUT2D eigenvalue weighted by Crippen LogP contribution is -2.26. The van der Waals surface area contributed by atoms with Crippen molar-refractivity contribution in [3.05, 3.63) is 72.2 Å². The van der Waals surface area contributed by atoms with Gasteiger partial charge in [0.15, 0.2) is 11.5 Å². The number of fused-ring (bicyclic) bond motifs is 1. The minimum atomic E-state index is -0.131. The van der Waals surface area contributed by atoms with Crippen LogP contribution in [0.5, 0.6) is 17.2 Å². The molecule has 0 aliphatic rings. The number of aromatic nitrogens is 1. The number of nitrogens with zero attached hydrogens (tertiary/aromatic N) is 2. The highest BCUT2D eigenvalue weighted by molar-refractivity contribution is 6.07. The van der Waals surface area contributed by atoms with Crippen LogP contribution in [0.25, 0.3) is 22.2 Å². The summed E-state index contributed by atoms with van der Waals surface area (Å²) < 4.78 is 21.8. The van der Waals surface area contributed by atoms with Crippen LogP contribution in [-0.2, 0) is 6.54 Å². The zero-order chi connectivity index (χ0) is 22.7. The molecule has 2 aromatic heterocycles. The number of furan rings is 1. The van der Waals surface area contributed by atoms with E-state index in [9.17, 15) is 4.79 Å². The van der Waals surface area contributed by atoms with E-state index in [-0.39, 0.29) is 5.91 Å². The van der Waals surface area contributed by atoms with Crippen molar-refractivity contribution >= 4 is 16.8 Å². The third kappa shape index (κ3) is 3.97. The first-order chi connectivity index (χ1) is 15.5. The van der Waals surface area contributed by atoms with Gasteiger partial charge in [-0.15, -0.1) is 0 Å². The minimum Gasteiger partial charge on any atom is -0.493 e. The van der Waals surface area contributed by atoms with Crippen LogP contribution in [0.2, 0.25) is 0 Å². The number of carbonyl (C=O) groups is 1. The fourth-order valence-electron chi connectivity index (χ4n) is 3.64. The lowest BCUT2D eigenvalue weighted by Gasteiger charge is -2.18. The summed E-state index contributed by atoms with van der Waals surface area (Å²) in [5, 5.41) is 0.778. The van der Waals surface area contributed by atoms with Crippen molar-refractivity contribution in [3.63, 3.8) is 0 Å². The van der Waals surface area contributed by atoms with Crippen LogP contribution in [0.15, 0.2) is 65.3 Å². The molecular formula is C25H24N2O5. The Bertz CT molecular complexity index is 1230. The van der Waals surface area contributed by atoms with Crippen molar-refractivity contribution in [2.75, 3.05) is 28.4 Å². The molecule has 2 aromatic carbocycles. The van der Waals surface area contributed by atoms with Gasteiger partial charge in [0.05, 0.1) is 50.9 Å². The number of benzene rings is 2. The predicted octanol–water partition coefficient (Wildman–Crippen LogP) is 4.79. The summed E-state index contributed by atoms with van der Waals surface area (Å²) in [4.78, 5) is 19.8. The highest BCUT2D eigenvalue weighted by atomic mass is 16.5. The predicted molar refractivity (Wildman–Crippen MR) is 121 cm³/mol. The Morgan fingerprint density at radius 3 is 2.31 bits per heavy atom. The average molecular weight is 432 g/mol. The molecule has 0 aliphatic carbocycles. The second-order valence-corrected chi connectivity index (χ2v) is 7.23. The van der Waals surface area contributed by atoms with Crippen molar-refractivity contribution in [3.8, 4) is 28.5 Å². The summed E-state index contributed by atoms with van der Waals surface area (Å²) in [6.07, 6.45) is 1.60. The Morgan fingerprint density at radius 2 is 1.69 bits per heavy atom. The van der Waals surface area contributed by atoms with Crippen LogP contribution in [0.4, 0.5) is 0 Å². The summed E-state index contributed by atoms with van der Waals surface area (Å²) in [5.41, 5.74) is 2.63. The van der Waals surface area contributed by atoms with Gasteiger partial charge < -0.3 is 23.5 Å². The van der Waals surface area contributed by atoms with Crippen LogP contribution in [-0.4, -0.2) is 44.2 Å². The molecule has 0 unspecified atom stereocenters. The van der Waals surface area contributed by atoms with Gasteiger partial charge in [0, 0.05) is 18.0 Å². The van der Waals surface area contributed by atoms with Crippen molar-refractivity contribution < 1.29 is 23.4 Å². The SMILES string of the molecule is COc1cc(-c2cc(C(=O)N(C)Cc3ccco3)c3ccccc3n2)cc(OC)c1OC. The summed E-state index contributed by atoms with van der Waals surface area (Å²) >= 11 is 0. The molecule has 0 N–H and O–H groups in total. The molecule has 7 nitrogen and oxygen atoms in total. The van der Waals surface area contributed by atoms with E-state index in [1.807, 2.05) is 42.5 Å². The van der Waals surface area contributed by atoms with E-state index >= 15 is 0 Å². The standard InChI is InChI=1S/C25H24N2O5/c1-27(15-17-8-7-11-32-17)25(28)19-14-21(26-20-10-6-5-9-18(19)20)16-12-22(29-2)24(31-4)23(13-16)30-3/h5-14H,15H2,1-4H3. The van der Waals surface area contributed by atoms with E-state index in [1.165, 1.54) is 0 Å². The summed E-state index contributed by atoms with van der Waals surface area (Å²) in [7, 11) is 6.43. The van der Waals surface area contributed by atoms with E-state index in [1.54, 1.807) is 51.7 Å². The molecule has 4 aromatic rings. The zero-order valence-electron chi connectivity index (χ0n) is 18.4. The quantitative estimate of drug-likeness (QED) is 0.418. The Balaban J connectivity index is 1.83. The second kappa shape index (κ2) is 9.01.